The molecule has 26 heavy (non-hydrogen) atoms. The zero-order valence-corrected chi connectivity index (χ0v) is 15.3. The number of hydrogen-bond donors (Lipinski definition) is 2. The number of nitrogens with zero attached hydrogens (tertiary/aromatic N) is 3. The van der Waals surface area contributed by atoms with Crippen molar-refractivity contribution in [2.75, 3.05) is 0 Å². The van der Waals surface area contributed by atoms with E-state index < -0.39 is 0 Å². The van der Waals surface area contributed by atoms with Gasteiger partial charge in [-0.3, -0.25) is 4.79 Å². The summed E-state index contributed by atoms with van der Waals surface area (Å²) in [7, 11) is 0. The van der Waals surface area contributed by atoms with Crippen LogP contribution in [0.4, 0.5) is 0 Å². The maximum Gasteiger partial charge on any atom is 0.209 e. The van der Waals surface area contributed by atoms with Gasteiger partial charge in [-0.25, -0.2) is 15.0 Å². The Morgan fingerprint density at radius 2 is 1.81 bits per heavy atom. The minimum atomic E-state index is -0.185. The number of H-pyrrole nitrogens is 2. The fourth-order valence-electron chi connectivity index (χ4n) is 2.93. The quantitative estimate of drug-likeness (QED) is 0.526. The van der Waals surface area contributed by atoms with Crippen molar-refractivity contribution in [3.05, 3.63) is 62.8 Å². The standard InChI is InChI=1S/C19H16ClN5O/c1-9-6-13(23-11(9)3)17-16(12-7-10(2)22-15(20)8-12)24-18-14(26)4-5-21-19(18)25-17/h4-8,23H,1-3H3,(H,21,25,26). The van der Waals surface area contributed by atoms with E-state index in [-0.39, 0.29) is 10.9 Å². The van der Waals surface area contributed by atoms with E-state index in [1.165, 1.54) is 6.07 Å². The van der Waals surface area contributed by atoms with Crippen molar-refractivity contribution >= 4 is 22.8 Å². The molecule has 0 fully saturated rings. The number of pyridine rings is 2. The van der Waals surface area contributed by atoms with Crippen molar-refractivity contribution in [1.82, 2.24) is 24.9 Å². The summed E-state index contributed by atoms with van der Waals surface area (Å²) in [4.78, 5) is 32.1. The molecule has 0 atom stereocenters. The molecule has 0 unspecified atom stereocenters. The molecule has 0 aromatic carbocycles. The molecular formula is C19H16ClN5O. The first-order valence-electron chi connectivity index (χ1n) is 8.13. The number of hydrogen-bond acceptors (Lipinski definition) is 4. The van der Waals surface area contributed by atoms with E-state index in [1.807, 2.05) is 32.9 Å². The van der Waals surface area contributed by atoms with Crippen molar-refractivity contribution in [2.24, 2.45) is 0 Å². The highest BCUT2D eigenvalue weighted by Gasteiger charge is 2.17. The second kappa shape index (κ2) is 6.07. The predicted octanol–water partition coefficient (Wildman–Crippen LogP) is 3.95. The average Bonchev–Trinajstić information content (AvgIpc) is 2.92. The molecule has 130 valence electrons. The Balaban J connectivity index is 2.09. The molecule has 4 rings (SSSR count). The van der Waals surface area contributed by atoms with E-state index in [4.69, 9.17) is 11.6 Å². The van der Waals surface area contributed by atoms with Gasteiger partial charge in [-0.1, -0.05) is 11.6 Å². The fraction of sp³-hybridized carbons (Fsp3) is 0.158. The van der Waals surface area contributed by atoms with Crippen LogP contribution < -0.4 is 5.43 Å². The van der Waals surface area contributed by atoms with Crippen molar-refractivity contribution in [2.45, 2.75) is 20.8 Å². The summed E-state index contributed by atoms with van der Waals surface area (Å²) in [5, 5.41) is 0.369. The smallest absolute Gasteiger partial charge is 0.209 e. The average molecular weight is 366 g/mol. The van der Waals surface area contributed by atoms with Gasteiger partial charge in [0, 0.05) is 29.2 Å². The molecule has 0 aliphatic rings. The van der Waals surface area contributed by atoms with Crippen molar-refractivity contribution < 1.29 is 0 Å². The summed E-state index contributed by atoms with van der Waals surface area (Å²) in [5.74, 6) is 0. The molecule has 0 amide bonds. The normalized spacial score (nSPS) is 11.2. The number of nitrogens with one attached hydrogen (secondary N) is 2. The summed E-state index contributed by atoms with van der Waals surface area (Å²) < 4.78 is 0. The maximum atomic E-state index is 12.2. The topological polar surface area (TPSA) is 87.3 Å². The Morgan fingerprint density at radius 1 is 1.00 bits per heavy atom. The van der Waals surface area contributed by atoms with Gasteiger partial charge < -0.3 is 9.97 Å². The second-order valence-electron chi connectivity index (χ2n) is 6.27. The van der Waals surface area contributed by atoms with Crippen molar-refractivity contribution in [3.63, 3.8) is 0 Å². The van der Waals surface area contributed by atoms with E-state index in [1.54, 1.807) is 12.3 Å². The number of rotatable bonds is 2. The van der Waals surface area contributed by atoms with Gasteiger partial charge in [0.1, 0.15) is 10.8 Å². The Bertz CT molecular complexity index is 1170. The van der Waals surface area contributed by atoms with Gasteiger partial charge in [0.2, 0.25) is 5.43 Å². The molecule has 7 heteroatoms. The summed E-state index contributed by atoms with van der Waals surface area (Å²) in [5.41, 5.74) is 6.32. The summed E-state index contributed by atoms with van der Waals surface area (Å²) in [6.07, 6.45) is 1.57. The van der Waals surface area contributed by atoms with E-state index >= 15 is 0 Å². The minimum absolute atomic E-state index is 0.185. The summed E-state index contributed by atoms with van der Waals surface area (Å²) in [6.45, 7) is 5.89. The van der Waals surface area contributed by atoms with Crippen LogP contribution in [-0.2, 0) is 0 Å². The Hall–Kier alpha value is -2.99. The molecule has 0 bridgehead atoms. The highest BCUT2D eigenvalue weighted by atomic mass is 35.5. The lowest BCUT2D eigenvalue weighted by Gasteiger charge is -2.10. The molecule has 0 saturated carbocycles. The van der Waals surface area contributed by atoms with Crippen LogP contribution >= 0.6 is 11.6 Å². The molecule has 4 aromatic rings. The van der Waals surface area contributed by atoms with Crippen LogP contribution in [0.1, 0.15) is 17.0 Å². The van der Waals surface area contributed by atoms with Crippen LogP contribution in [0.5, 0.6) is 0 Å². The number of aryl methyl sites for hydroxylation is 3. The summed E-state index contributed by atoms with van der Waals surface area (Å²) in [6, 6.07) is 7.07. The molecule has 0 radical (unpaired) electrons. The lowest BCUT2D eigenvalue weighted by molar-refractivity contribution is 1.17. The van der Waals surface area contributed by atoms with Crippen LogP contribution in [-0.4, -0.2) is 24.9 Å². The lowest BCUT2D eigenvalue weighted by Crippen LogP contribution is -2.07. The number of halogens is 1. The van der Waals surface area contributed by atoms with E-state index in [0.717, 1.165) is 28.2 Å². The molecule has 4 heterocycles. The van der Waals surface area contributed by atoms with Gasteiger partial charge in [0.15, 0.2) is 11.2 Å². The SMILES string of the molecule is Cc1cc(-c2nc3c(=O)cc[nH]c3nc2-c2cc(C)c(C)[nH]2)cc(Cl)n1. The highest BCUT2D eigenvalue weighted by Crippen LogP contribution is 2.31. The highest BCUT2D eigenvalue weighted by molar-refractivity contribution is 6.29. The predicted molar refractivity (Wildman–Crippen MR) is 102 cm³/mol. The van der Waals surface area contributed by atoms with Crippen LogP contribution in [0.2, 0.25) is 5.15 Å². The van der Waals surface area contributed by atoms with Crippen LogP contribution in [0.15, 0.2) is 35.3 Å². The first-order chi connectivity index (χ1) is 12.4. The summed E-state index contributed by atoms with van der Waals surface area (Å²) >= 11 is 6.14. The molecule has 6 nitrogen and oxygen atoms in total. The van der Waals surface area contributed by atoms with Gasteiger partial charge in [0.25, 0.3) is 0 Å². The number of fused-ring (bicyclic) bond motifs is 1. The molecule has 0 saturated heterocycles. The Morgan fingerprint density at radius 3 is 2.50 bits per heavy atom. The molecule has 0 aliphatic carbocycles. The van der Waals surface area contributed by atoms with Crippen LogP contribution in [0, 0.1) is 20.8 Å². The molecule has 0 aliphatic heterocycles. The molecule has 0 spiro atoms. The van der Waals surface area contributed by atoms with Gasteiger partial charge >= 0.3 is 0 Å². The second-order valence-corrected chi connectivity index (χ2v) is 6.66. The Kier molecular flexibility index (Phi) is 3.85. The van der Waals surface area contributed by atoms with Gasteiger partial charge in [-0.15, -0.1) is 0 Å². The third kappa shape index (κ3) is 2.78. The molecular weight excluding hydrogens is 350 g/mol. The first kappa shape index (κ1) is 16.5. The van der Waals surface area contributed by atoms with Gasteiger partial charge in [0.05, 0.1) is 11.4 Å². The number of aromatic amines is 2. The molecule has 4 aromatic heterocycles. The van der Waals surface area contributed by atoms with Gasteiger partial charge in [-0.2, -0.15) is 0 Å². The Labute approximate surface area is 154 Å². The van der Waals surface area contributed by atoms with Crippen LogP contribution in [0.3, 0.4) is 0 Å². The van der Waals surface area contributed by atoms with Crippen molar-refractivity contribution in [1.29, 1.82) is 0 Å². The first-order valence-corrected chi connectivity index (χ1v) is 8.51. The fourth-order valence-corrected chi connectivity index (χ4v) is 3.18. The lowest BCUT2D eigenvalue weighted by atomic mass is 10.1. The maximum absolute atomic E-state index is 12.2. The zero-order valence-electron chi connectivity index (χ0n) is 14.5. The van der Waals surface area contributed by atoms with Gasteiger partial charge in [-0.05, 0) is 44.5 Å². The third-order valence-corrected chi connectivity index (χ3v) is 4.50. The van der Waals surface area contributed by atoms with E-state index in [2.05, 4.69) is 24.9 Å². The monoisotopic (exact) mass is 365 g/mol. The van der Waals surface area contributed by atoms with Crippen LogP contribution in [0.25, 0.3) is 33.8 Å². The van der Waals surface area contributed by atoms with E-state index in [0.29, 0.717) is 22.2 Å². The molecule has 2 N–H and O–H groups in total. The van der Waals surface area contributed by atoms with Crippen molar-refractivity contribution in [3.8, 4) is 22.6 Å². The zero-order chi connectivity index (χ0) is 18.4. The third-order valence-electron chi connectivity index (χ3n) is 4.31. The van der Waals surface area contributed by atoms with E-state index in [9.17, 15) is 4.79 Å². The largest absolute Gasteiger partial charge is 0.357 e. The number of aromatic nitrogens is 5. The minimum Gasteiger partial charge on any atom is -0.357 e.